The third kappa shape index (κ3) is 4.78. The maximum atomic E-state index is 12.2. The summed E-state index contributed by atoms with van der Waals surface area (Å²) in [6.45, 7) is 5.13. The highest BCUT2D eigenvalue weighted by molar-refractivity contribution is 5.76. The van der Waals surface area contributed by atoms with E-state index < -0.39 is 0 Å². The SMILES string of the molecule is CCCC(C(=O)OCC)N1CCCCC1CC(=O)OC. The van der Waals surface area contributed by atoms with E-state index in [0.29, 0.717) is 13.0 Å². The number of methoxy groups -OCH3 is 1. The van der Waals surface area contributed by atoms with Gasteiger partial charge in [0.1, 0.15) is 6.04 Å². The fraction of sp³-hybridized carbons (Fsp3) is 0.867. The molecule has 1 rings (SSSR count). The van der Waals surface area contributed by atoms with Gasteiger partial charge >= 0.3 is 11.9 Å². The molecule has 1 aliphatic heterocycles. The molecule has 0 radical (unpaired) electrons. The molecule has 1 aliphatic rings. The van der Waals surface area contributed by atoms with Gasteiger partial charge in [-0.05, 0) is 32.7 Å². The van der Waals surface area contributed by atoms with Crippen molar-refractivity contribution in [3.63, 3.8) is 0 Å². The van der Waals surface area contributed by atoms with E-state index in [2.05, 4.69) is 11.8 Å². The van der Waals surface area contributed by atoms with Crippen LogP contribution in [0.4, 0.5) is 0 Å². The summed E-state index contributed by atoms with van der Waals surface area (Å²) in [4.78, 5) is 25.8. The van der Waals surface area contributed by atoms with Crippen molar-refractivity contribution >= 4 is 11.9 Å². The zero-order valence-electron chi connectivity index (χ0n) is 12.9. The zero-order valence-corrected chi connectivity index (χ0v) is 12.9. The second kappa shape index (κ2) is 8.95. The number of nitrogens with zero attached hydrogens (tertiary/aromatic N) is 1. The molecule has 2 atom stereocenters. The summed E-state index contributed by atoms with van der Waals surface area (Å²) in [6.07, 6.45) is 5.16. The van der Waals surface area contributed by atoms with Gasteiger partial charge < -0.3 is 9.47 Å². The molecule has 2 unspecified atom stereocenters. The number of ether oxygens (including phenoxy) is 2. The van der Waals surface area contributed by atoms with Gasteiger partial charge in [0, 0.05) is 6.04 Å². The minimum Gasteiger partial charge on any atom is -0.469 e. The Morgan fingerprint density at radius 2 is 2.05 bits per heavy atom. The molecule has 0 amide bonds. The van der Waals surface area contributed by atoms with Crippen LogP contribution in [0, 0.1) is 0 Å². The molecule has 0 aromatic heterocycles. The lowest BCUT2D eigenvalue weighted by molar-refractivity contribution is -0.154. The number of esters is 2. The molecule has 1 fully saturated rings. The number of carbonyl (C=O) groups is 2. The van der Waals surface area contributed by atoms with Crippen molar-refractivity contribution in [1.29, 1.82) is 0 Å². The molecule has 0 aromatic carbocycles. The average Bonchev–Trinajstić information content (AvgIpc) is 2.45. The first-order valence-electron chi connectivity index (χ1n) is 7.63. The van der Waals surface area contributed by atoms with Gasteiger partial charge in [-0.2, -0.15) is 0 Å². The highest BCUT2D eigenvalue weighted by atomic mass is 16.5. The Labute approximate surface area is 121 Å². The Balaban J connectivity index is 2.77. The van der Waals surface area contributed by atoms with Gasteiger partial charge in [0.2, 0.25) is 0 Å². The van der Waals surface area contributed by atoms with E-state index in [0.717, 1.165) is 38.6 Å². The molecule has 0 spiro atoms. The smallest absolute Gasteiger partial charge is 0.323 e. The number of hydrogen-bond donors (Lipinski definition) is 0. The minimum atomic E-state index is -0.227. The Morgan fingerprint density at radius 3 is 2.65 bits per heavy atom. The summed E-state index contributed by atoms with van der Waals surface area (Å²) in [5.74, 6) is -0.368. The lowest BCUT2D eigenvalue weighted by atomic mass is 9.95. The van der Waals surface area contributed by atoms with Gasteiger partial charge in [-0.25, -0.2) is 0 Å². The fourth-order valence-electron chi connectivity index (χ4n) is 2.86. The minimum absolute atomic E-state index is 0.0946. The number of rotatable bonds is 7. The van der Waals surface area contributed by atoms with Crippen LogP contribution in [0.2, 0.25) is 0 Å². The Bertz CT molecular complexity index is 319. The molecule has 0 N–H and O–H groups in total. The normalized spacial score (nSPS) is 21.2. The second-order valence-electron chi connectivity index (χ2n) is 5.22. The van der Waals surface area contributed by atoms with E-state index >= 15 is 0 Å². The van der Waals surface area contributed by atoms with Crippen molar-refractivity contribution in [2.75, 3.05) is 20.3 Å². The van der Waals surface area contributed by atoms with Crippen molar-refractivity contribution in [2.45, 2.75) is 64.5 Å². The van der Waals surface area contributed by atoms with E-state index in [1.165, 1.54) is 7.11 Å². The van der Waals surface area contributed by atoms with E-state index in [9.17, 15) is 9.59 Å². The molecule has 5 nitrogen and oxygen atoms in total. The van der Waals surface area contributed by atoms with Crippen molar-refractivity contribution in [3.05, 3.63) is 0 Å². The summed E-state index contributed by atoms with van der Waals surface area (Å²) < 4.78 is 9.96. The summed E-state index contributed by atoms with van der Waals surface area (Å²) in [5.41, 5.74) is 0. The van der Waals surface area contributed by atoms with Crippen LogP contribution < -0.4 is 0 Å². The van der Waals surface area contributed by atoms with Crippen molar-refractivity contribution < 1.29 is 19.1 Å². The van der Waals surface area contributed by atoms with E-state index in [-0.39, 0.29) is 24.0 Å². The molecule has 5 heteroatoms. The van der Waals surface area contributed by atoms with Crippen LogP contribution in [0.25, 0.3) is 0 Å². The predicted octanol–water partition coefficient (Wildman–Crippen LogP) is 2.14. The van der Waals surface area contributed by atoms with Gasteiger partial charge in [0.05, 0.1) is 20.1 Å². The lowest BCUT2D eigenvalue weighted by Crippen LogP contribution is -2.51. The van der Waals surface area contributed by atoms with Crippen LogP contribution >= 0.6 is 0 Å². The maximum Gasteiger partial charge on any atom is 0.323 e. The van der Waals surface area contributed by atoms with Gasteiger partial charge in [0.15, 0.2) is 0 Å². The molecule has 20 heavy (non-hydrogen) atoms. The third-order valence-electron chi connectivity index (χ3n) is 3.82. The lowest BCUT2D eigenvalue weighted by Gasteiger charge is -2.39. The molecule has 1 heterocycles. The molecular weight excluding hydrogens is 258 g/mol. The van der Waals surface area contributed by atoms with Gasteiger partial charge in [0.25, 0.3) is 0 Å². The van der Waals surface area contributed by atoms with Crippen LogP contribution in [-0.4, -0.2) is 49.2 Å². The van der Waals surface area contributed by atoms with Crippen LogP contribution in [0.5, 0.6) is 0 Å². The summed E-state index contributed by atoms with van der Waals surface area (Å²) in [6, 6.07) is -0.132. The monoisotopic (exact) mass is 285 g/mol. The average molecular weight is 285 g/mol. The first kappa shape index (κ1) is 17.0. The number of carbonyl (C=O) groups excluding carboxylic acids is 2. The Kier molecular flexibility index (Phi) is 7.59. The molecule has 1 saturated heterocycles. The van der Waals surface area contributed by atoms with Crippen molar-refractivity contribution in [3.8, 4) is 0 Å². The number of piperidine rings is 1. The van der Waals surface area contributed by atoms with E-state index in [4.69, 9.17) is 9.47 Å². The highest BCUT2D eigenvalue weighted by Crippen LogP contribution is 2.25. The fourth-order valence-corrected chi connectivity index (χ4v) is 2.86. The van der Waals surface area contributed by atoms with Crippen LogP contribution in [-0.2, 0) is 19.1 Å². The van der Waals surface area contributed by atoms with Crippen LogP contribution in [0.15, 0.2) is 0 Å². The third-order valence-corrected chi connectivity index (χ3v) is 3.82. The molecule has 0 bridgehead atoms. The zero-order chi connectivity index (χ0) is 15.0. The Morgan fingerprint density at radius 1 is 1.30 bits per heavy atom. The first-order chi connectivity index (χ1) is 9.63. The van der Waals surface area contributed by atoms with Crippen LogP contribution in [0.1, 0.15) is 52.4 Å². The number of hydrogen-bond acceptors (Lipinski definition) is 5. The standard InChI is InChI=1S/C15H27NO4/c1-4-8-13(15(18)20-5-2)16-10-7-6-9-12(16)11-14(17)19-3/h12-13H,4-11H2,1-3H3. The maximum absolute atomic E-state index is 12.2. The summed E-state index contributed by atoms with van der Waals surface area (Å²) in [7, 11) is 1.41. The van der Waals surface area contributed by atoms with Gasteiger partial charge in [-0.15, -0.1) is 0 Å². The van der Waals surface area contributed by atoms with E-state index in [1.807, 2.05) is 6.92 Å². The van der Waals surface area contributed by atoms with Crippen LogP contribution in [0.3, 0.4) is 0 Å². The van der Waals surface area contributed by atoms with Crippen molar-refractivity contribution in [2.24, 2.45) is 0 Å². The Hall–Kier alpha value is -1.10. The molecule has 0 aliphatic carbocycles. The summed E-state index contributed by atoms with van der Waals surface area (Å²) in [5, 5.41) is 0. The number of likely N-dealkylation sites (tertiary alicyclic amines) is 1. The quantitative estimate of drug-likeness (QED) is 0.671. The largest absolute Gasteiger partial charge is 0.469 e. The topological polar surface area (TPSA) is 55.8 Å². The molecule has 0 saturated carbocycles. The highest BCUT2D eigenvalue weighted by Gasteiger charge is 2.34. The summed E-state index contributed by atoms with van der Waals surface area (Å²) >= 11 is 0. The molecular formula is C15H27NO4. The molecule has 116 valence electrons. The second-order valence-corrected chi connectivity index (χ2v) is 5.22. The van der Waals surface area contributed by atoms with Crippen molar-refractivity contribution in [1.82, 2.24) is 4.90 Å². The van der Waals surface area contributed by atoms with Gasteiger partial charge in [-0.3, -0.25) is 14.5 Å². The van der Waals surface area contributed by atoms with E-state index in [1.54, 1.807) is 0 Å². The molecule has 0 aromatic rings. The predicted molar refractivity (Wildman–Crippen MR) is 76.3 cm³/mol. The first-order valence-corrected chi connectivity index (χ1v) is 7.63. The van der Waals surface area contributed by atoms with Gasteiger partial charge in [-0.1, -0.05) is 19.8 Å².